The molecular weight excluding hydrogens is 413 g/mol. The first-order chi connectivity index (χ1) is 13.9. The molecule has 1 aromatic rings. The highest BCUT2D eigenvalue weighted by atomic mass is 19.2. The van der Waals surface area contributed by atoms with Gasteiger partial charge in [-0.1, -0.05) is 0 Å². The van der Waals surface area contributed by atoms with E-state index in [2.05, 4.69) is 0 Å². The number of morpholine rings is 1. The fourth-order valence-electron chi connectivity index (χ4n) is 3.91. The van der Waals surface area contributed by atoms with Crippen molar-refractivity contribution in [3.05, 3.63) is 34.6 Å². The smallest absolute Gasteiger partial charge is 0.410 e. The molecule has 2 fully saturated rings. The predicted octanol–water partition coefficient (Wildman–Crippen LogP) is 3.91. The Morgan fingerprint density at radius 3 is 1.87 bits per heavy atom. The molecule has 2 unspecified atom stereocenters. The zero-order valence-electron chi connectivity index (χ0n) is 16.7. The molecule has 2 heterocycles. The van der Waals surface area contributed by atoms with Crippen molar-refractivity contribution in [3.8, 4) is 0 Å². The summed E-state index contributed by atoms with van der Waals surface area (Å²) in [5.41, 5.74) is -1.86. The fraction of sp³-hybridized carbons (Fsp3) is 0.600. The van der Waals surface area contributed by atoms with Gasteiger partial charge in [0, 0.05) is 17.9 Å². The van der Waals surface area contributed by atoms with E-state index in [1.807, 2.05) is 0 Å². The molecule has 0 aliphatic carbocycles. The van der Waals surface area contributed by atoms with Gasteiger partial charge in [0.2, 0.25) is 5.82 Å². The molecule has 2 atom stereocenters. The average Bonchev–Trinajstić information content (AvgIpc) is 2.65. The van der Waals surface area contributed by atoms with Crippen molar-refractivity contribution in [1.29, 1.82) is 0 Å². The number of ether oxygens (including phenoxy) is 2. The molecule has 0 N–H and O–H groups in total. The number of amides is 1. The lowest BCUT2D eigenvalue weighted by Crippen LogP contribution is -2.60. The van der Waals surface area contributed by atoms with Gasteiger partial charge in [-0.2, -0.15) is 0 Å². The first-order valence-electron chi connectivity index (χ1n) is 9.52. The number of piperidine rings is 1. The number of fused-ring (bicyclic) bond motifs is 2. The maximum absolute atomic E-state index is 13.9. The monoisotopic (exact) mass is 435 g/mol. The predicted molar refractivity (Wildman–Crippen MR) is 94.1 cm³/mol. The number of benzene rings is 1. The third-order valence-corrected chi connectivity index (χ3v) is 5.23. The van der Waals surface area contributed by atoms with Crippen LogP contribution in [0.25, 0.3) is 0 Å². The van der Waals surface area contributed by atoms with E-state index >= 15 is 0 Å². The number of carbonyl (C=O) groups excluding carboxylic acids is 2. The second kappa shape index (κ2) is 8.13. The van der Waals surface area contributed by atoms with Crippen molar-refractivity contribution in [2.24, 2.45) is 5.92 Å². The van der Waals surface area contributed by atoms with E-state index in [4.69, 9.17) is 9.47 Å². The van der Waals surface area contributed by atoms with E-state index in [0.29, 0.717) is 0 Å². The van der Waals surface area contributed by atoms with Gasteiger partial charge in [0.05, 0.1) is 25.3 Å². The van der Waals surface area contributed by atoms with Crippen molar-refractivity contribution in [2.75, 3.05) is 13.2 Å². The summed E-state index contributed by atoms with van der Waals surface area (Å²) in [5, 5.41) is 0. The number of nitrogens with zero attached hydrogens (tertiary/aromatic N) is 1. The molecule has 5 nitrogen and oxygen atoms in total. The average molecular weight is 435 g/mol. The number of halogens is 5. The third-order valence-electron chi connectivity index (χ3n) is 5.23. The Balaban J connectivity index is 1.77. The number of Topliss-reactive ketones (excluding diaryl/α,β-unsaturated/α-hetero) is 1. The summed E-state index contributed by atoms with van der Waals surface area (Å²) in [6.07, 6.45) is -1.19. The zero-order valence-corrected chi connectivity index (χ0v) is 16.7. The minimum Gasteiger partial charge on any atom is -0.444 e. The summed E-state index contributed by atoms with van der Waals surface area (Å²) in [5.74, 6) is -11.8. The molecule has 0 spiro atoms. The first kappa shape index (κ1) is 22.5. The molecule has 2 aliphatic rings. The molecule has 0 aromatic heterocycles. The van der Waals surface area contributed by atoms with Crippen LogP contribution in [0, 0.1) is 35.0 Å². The van der Waals surface area contributed by atoms with E-state index < -0.39 is 76.5 Å². The number of ketones is 1. The second-order valence-electron chi connectivity index (χ2n) is 8.59. The van der Waals surface area contributed by atoms with Crippen LogP contribution in [0.1, 0.15) is 39.2 Å². The van der Waals surface area contributed by atoms with Crippen LogP contribution in [0.2, 0.25) is 0 Å². The number of carbonyl (C=O) groups is 2. The highest BCUT2D eigenvalue weighted by Gasteiger charge is 2.45. The molecule has 2 bridgehead atoms. The largest absolute Gasteiger partial charge is 0.444 e. The summed E-state index contributed by atoms with van der Waals surface area (Å²) in [6, 6.07) is -0.977. The first-order valence-corrected chi connectivity index (χ1v) is 9.52. The van der Waals surface area contributed by atoms with Crippen molar-refractivity contribution >= 4 is 11.9 Å². The number of rotatable bonds is 3. The van der Waals surface area contributed by atoms with Crippen molar-refractivity contribution in [3.63, 3.8) is 0 Å². The minimum atomic E-state index is -2.27. The molecule has 30 heavy (non-hydrogen) atoms. The Hall–Kier alpha value is -2.23. The van der Waals surface area contributed by atoms with Crippen LogP contribution in [0.4, 0.5) is 26.7 Å². The van der Waals surface area contributed by atoms with Crippen LogP contribution in [-0.2, 0) is 20.7 Å². The van der Waals surface area contributed by atoms with E-state index in [-0.39, 0.29) is 26.1 Å². The maximum Gasteiger partial charge on any atom is 0.410 e. The summed E-state index contributed by atoms with van der Waals surface area (Å²) in [4.78, 5) is 26.7. The van der Waals surface area contributed by atoms with Crippen molar-refractivity contribution in [1.82, 2.24) is 4.90 Å². The van der Waals surface area contributed by atoms with Crippen molar-refractivity contribution in [2.45, 2.75) is 57.7 Å². The van der Waals surface area contributed by atoms with E-state index in [0.717, 1.165) is 0 Å². The molecule has 0 saturated carbocycles. The third kappa shape index (κ3) is 4.28. The molecule has 10 heteroatoms. The van der Waals surface area contributed by atoms with Gasteiger partial charge < -0.3 is 9.47 Å². The van der Waals surface area contributed by atoms with Crippen LogP contribution in [-0.4, -0.2) is 47.7 Å². The lowest BCUT2D eigenvalue weighted by molar-refractivity contribution is -0.131. The minimum absolute atomic E-state index is 0.143. The van der Waals surface area contributed by atoms with Gasteiger partial charge in [-0.25, -0.2) is 26.7 Å². The molecule has 2 saturated heterocycles. The standard InChI is InChI=1S/C20H22F5NO4/c1-20(2,3)30-19(28)26-10-4-9(5-11(26)8-29-7-10)13(27)6-12-14(21)16(23)18(25)17(24)15(12)22/h9-11H,4-8H2,1-3H3. The quantitative estimate of drug-likeness (QED) is 0.411. The van der Waals surface area contributed by atoms with Gasteiger partial charge in [-0.3, -0.25) is 9.69 Å². The SMILES string of the molecule is CC(C)(C)OC(=O)N1C2COCC1CC(C(=O)Cc1c(F)c(F)c(F)c(F)c1F)C2. The molecule has 1 amide bonds. The number of hydrogen-bond donors (Lipinski definition) is 0. The number of hydrogen-bond acceptors (Lipinski definition) is 4. The van der Waals surface area contributed by atoms with Crippen LogP contribution < -0.4 is 0 Å². The molecule has 1 aromatic carbocycles. The highest BCUT2D eigenvalue weighted by molar-refractivity contribution is 5.84. The molecule has 3 rings (SSSR count). The summed E-state index contributed by atoms with van der Waals surface area (Å²) >= 11 is 0. The van der Waals surface area contributed by atoms with Crippen LogP contribution in [0.3, 0.4) is 0 Å². The Bertz CT molecular complexity index is 827. The van der Waals surface area contributed by atoms with Gasteiger partial charge in [0.1, 0.15) is 11.4 Å². The Morgan fingerprint density at radius 1 is 0.933 bits per heavy atom. The normalized spacial score (nSPS) is 24.0. The van der Waals surface area contributed by atoms with Gasteiger partial charge in [-0.05, 0) is 33.6 Å². The highest BCUT2D eigenvalue weighted by Crippen LogP contribution is 2.34. The molecule has 2 aliphatic heterocycles. The van der Waals surface area contributed by atoms with Gasteiger partial charge in [-0.15, -0.1) is 0 Å². The van der Waals surface area contributed by atoms with Gasteiger partial charge in [0.25, 0.3) is 0 Å². The van der Waals surface area contributed by atoms with Crippen LogP contribution >= 0.6 is 0 Å². The Kier molecular flexibility index (Phi) is 6.08. The Morgan fingerprint density at radius 2 is 1.40 bits per heavy atom. The molecule has 166 valence electrons. The fourth-order valence-corrected chi connectivity index (χ4v) is 3.91. The maximum atomic E-state index is 13.9. The van der Waals surface area contributed by atoms with Crippen molar-refractivity contribution < 1.29 is 41.0 Å². The van der Waals surface area contributed by atoms with Crippen LogP contribution in [0.5, 0.6) is 0 Å². The second-order valence-corrected chi connectivity index (χ2v) is 8.59. The molecule has 0 radical (unpaired) electrons. The van der Waals surface area contributed by atoms with E-state index in [1.54, 1.807) is 20.8 Å². The lowest BCUT2D eigenvalue weighted by Gasteiger charge is -2.47. The zero-order chi connectivity index (χ0) is 22.4. The lowest BCUT2D eigenvalue weighted by atomic mass is 9.81. The van der Waals surface area contributed by atoms with Crippen LogP contribution in [0.15, 0.2) is 0 Å². The molecular formula is C20H22F5NO4. The van der Waals surface area contributed by atoms with Gasteiger partial charge in [0.15, 0.2) is 23.3 Å². The van der Waals surface area contributed by atoms with E-state index in [9.17, 15) is 31.5 Å². The van der Waals surface area contributed by atoms with E-state index in [1.165, 1.54) is 4.90 Å². The summed E-state index contributed by atoms with van der Waals surface area (Å²) in [6.45, 7) is 5.47. The summed E-state index contributed by atoms with van der Waals surface area (Å²) in [7, 11) is 0. The Labute approximate surface area is 170 Å². The van der Waals surface area contributed by atoms with Gasteiger partial charge >= 0.3 is 6.09 Å². The summed E-state index contributed by atoms with van der Waals surface area (Å²) < 4.78 is 78.7. The topological polar surface area (TPSA) is 55.8 Å².